The maximum Gasteiger partial charge on any atom is 0.424 e. The number of aromatic nitrogens is 2. The lowest BCUT2D eigenvalue weighted by molar-refractivity contribution is -0.265. The number of carbonyl (C=O) groups excluding carboxylic acids is 2. The first-order valence-electron chi connectivity index (χ1n) is 12.1. The van der Waals surface area contributed by atoms with E-state index in [0.29, 0.717) is 5.39 Å². The van der Waals surface area contributed by atoms with E-state index in [9.17, 15) is 32.3 Å². The minimum absolute atomic E-state index is 0.0136. The van der Waals surface area contributed by atoms with Gasteiger partial charge in [0.05, 0.1) is 12.2 Å². The largest absolute Gasteiger partial charge is 0.489 e. The smallest absolute Gasteiger partial charge is 0.424 e. The van der Waals surface area contributed by atoms with Crippen molar-refractivity contribution < 1.29 is 37.0 Å². The molecule has 1 aliphatic rings. The van der Waals surface area contributed by atoms with Crippen LogP contribution in [0.15, 0.2) is 54.6 Å². The van der Waals surface area contributed by atoms with Crippen LogP contribution in [0.1, 0.15) is 34.2 Å². The topological polar surface area (TPSA) is 130 Å². The molecule has 0 aliphatic carbocycles. The fourth-order valence-corrected chi connectivity index (χ4v) is 4.67. The number of aryl methyl sites for hydroxylation is 1. The van der Waals surface area contributed by atoms with Gasteiger partial charge in [0.2, 0.25) is 11.5 Å². The Morgan fingerprint density at radius 1 is 1.15 bits per heavy atom. The van der Waals surface area contributed by atoms with Gasteiger partial charge in [0.25, 0.3) is 5.91 Å². The van der Waals surface area contributed by atoms with E-state index < -0.39 is 47.1 Å². The maximum absolute atomic E-state index is 14.5. The first-order chi connectivity index (χ1) is 18.7. The van der Waals surface area contributed by atoms with E-state index in [4.69, 9.17) is 10.5 Å². The predicted octanol–water partition coefficient (Wildman–Crippen LogP) is 3.99. The van der Waals surface area contributed by atoms with Crippen molar-refractivity contribution in [2.24, 2.45) is 5.73 Å². The van der Waals surface area contributed by atoms with Gasteiger partial charge in [-0.05, 0) is 68.4 Å². The molecule has 2 atom stereocenters. The highest BCUT2D eigenvalue weighted by molar-refractivity contribution is 5.98. The molecule has 0 bridgehead atoms. The average molecular weight is 557 g/mol. The third-order valence-electron chi connectivity index (χ3n) is 7.15. The van der Waals surface area contributed by atoms with Crippen LogP contribution >= 0.6 is 0 Å². The van der Waals surface area contributed by atoms with E-state index in [1.54, 1.807) is 12.1 Å². The lowest BCUT2D eigenvalue weighted by Crippen LogP contribution is -2.51. The number of hydrogen-bond donors (Lipinski definition) is 4. The number of carbonyl (C=O) groups is 2. The highest BCUT2D eigenvalue weighted by Gasteiger charge is 2.57. The third kappa shape index (κ3) is 4.43. The number of benzene rings is 2. The van der Waals surface area contributed by atoms with Gasteiger partial charge in [-0.15, -0.1) is 0 Å². The van der Waals surface area contributed by atoms with Crippen LogP contribution < -0.4 is 15.8 Å². The molecule has 2 amide bonds. The molecule has 8 nitrogen and oxygen atoms in total. The molecule has 5 rings (SSSR count). The molecule has 12 heteroatoms. The van der Waals surface area contributed by atoms with Gasteiger partial charge >= 0.3 is 6.18 Å². The second-order valence-electron chi connectivity index (χ2n) is 10.0. The van der Waals surface area contributed by atoms with E-state index in [1.165, 1.54) is 31.2 Å². The van der Waals surface area contributed by atoms with Crippen molar-refractivity contribution in [3.8, 4) is 17.0 Å². The number of aliphatic hydroxyl groups is 1. The second-order valence-corrected chi connectivity index (χ2v) is 10.0. The summed E-state index contributed by atoms with van der Waals surface area (Å²) >= 11 is 0. The molecule has 0 saturated carbocycles. The average Bonchev–Trinajstić information content (AvgIpc) is 3.45. The van der Waals surface area contributed by atoms with Crippen LogP contribution in [0.25, 0.3) is 22.2 Å². The molecule has 0 radical (unpaired) electrons. The molecule has 208 valence electrons. The number of halogens is 4. The molecule has 2 aromatic heterocycles. The van der Waals surface area contributed by atoms with Gasteiger partial charge in [-0.2, -0.15) is 13.2 Å². The van der Waals surface area contributed by atoms with Gasteiger partial charge in [-0.1, -0.05) is 0 Å². The normalized spacial score (nSPS) is 18.2. The molecule has 2 aromatic carbocycles. The zero-order chi connectivity index (χ0) is 29.0. The number of ether oxygens (including phenoxy) is 1. The number of H-pyrrole nitrogens is 1. The third-order valence-corrected chi connectivity index (χ3v) is 7.15. The highest BCUT2D eigenvalue weighted by atomic mass is 19.4. The van der Waals surface area contributed by atoms with E-state index in [-0.39, 0.29) is 34.7 Å². The van der Waals surface area contributed by atoms with E-state index in [0.717, 1.165) is 29.4 Å². The lowest BCUT2D eigenvalue weighted by Gasteiger charge is -2.31. The molecular weight excluding hydrogens is 532 g/mol. The van der Waals surface area contributed by atoms with E-state index in [1.807, 2.05) is 6.92 Å². The summed E-state index contributed by atoms with van der Waals surface area (Å²) in [4.78, 5) is 32.4. The van der Waals surface area contributed by atoms with Crippen LogP contribution in [0.4, 0.5) is 17.6 Å². The summed E-state index contributed by atoms with van der Waals surface area (Å²) in [6.45, 7) is 1.65. The minimum Gasteiger partial charge on any atom is -0.489 e. The Balaban J connectivity index is 1.58. The number of fused-ring (bicyclic) bond motifs is 2. The Morgan fingerprint density at radius 3 is 2.50 bits per heavy atom. The van der Waals surface area contributed by atoms with E-state index in [2.05, 4.69) is 15.3 Å². The summed E-state index contributed by atoms with van der Waals surface area (Å²) in [7, 11) is 0. The molecule has 0 spiro atoms. The number of primary amides is 1. The number of rotatable bonds is 6. The zero-order valence-electron chi connectivity index (χ0n) is 21.3. The first-order valence-corrected chi connectivity index (χ1v) is 12.1. The maximum atomic E-state index is 14.5. The number of aromatic amines is 1. The van der Waals surface area contributed by atoms with Crippen molar-refractivity contribution >= 4 is 22.7 Å². The van der Waals surface area contributed by atoms with Gasteiger partial charge in [0.1, 0.15) is 29.3 Å². The Kier molecular flexibility index (Phi) is 6.33. The van der Waals surface area contributed by atoms with Crippen molar-refractivity contribution in [1.29, 1.82) is 0 Å². The zero-order valence-corrected chi connectivity index (χ0v) is 21.3. The van der Waals surface area contributed by atoms with Crippen molar-refractivity contribution in [2.45, 2.75) is 31.0 Å². The summed E-state index contributed by atoms with van der Waals surface area (Å²) in [5.41, 5.74) is 1.13. The number of nitrogens with zero attached hydrogens (tertiary/aromatic N) is 1. The monoisotopic (exact) mass is 556 g/mol. The fourth-order valence-electron chi connectivity index (χ4n) is 4.67. The van der Waals surface area contributed by atoms with Gasteiger partial charge in [0.15, 0.2) is 0 Å². The van der Waals surface area contributed by atoms with Gasteiger partial charge in [-0.25, -0.2) is 9.37 Å². The van der Waals surface area contributed by atoms with Gasteiger partial charge < -0.3 is 25.9 Å². The van der Waals surface area contributed by atoms with Crippen LogP contribution in [0, 0.1) is 12.7 Å². The summed E-state index contributed by atoms with van der Waals surface area (Å²) in [6.07, 6.45) is -5.31. The molecule has 4 aromatic rings. The molecule has 1 aliphatic heterocycles. The minimum atomic E-state index is -5.31. The number of alkyl halides is 3. The van der Waals surface area contributed by atoms with Crippen LogP contribution in [0.2, 0.25) is 0 Å². The molecule has 5 N–H and O–H groups in total. The van der Waals surface area contributed by atoms with Gasteiger partial charge in [0, 0.05) is 33.3 Å². The lowest BCUT2D eigenvalue weighted by atomic mass is 9.81. The van der Waals surface area contributed by atoms with E-state index >= 15 is 0 Å². The first kappa shape index (κ1) is 27.1. The number of hydrogen-bond acceptors (Lipinski definition) is 5. The molecular formula is C28H24F4N4O4. The molecule has 1 unspecified atom stereocenters. The standard InChI is InChI=1S/C28H24F4N4O4/c1-14-9-17-10-16(5-8-20(17)35-14)24(37)34-12-27(39,28(30,31)32)21-11-19-23(40-13-26(19,2)25(33)38)22(36-21)15-3-6-18(29)7-4-15/h3-11,35,39H,12-13H2,1-2H3,(H2,33,38)(H,34,37)/t26-,27?/m0/s1. The van der Waals surface area contributed by atoms with Crippen LogP contribution in [-0.2, 0) is 15.8 Å². The Bertz CT molecular complexity index is 1650. The fraction of sp³-hybridized carbons (Fsp3) is 0.250. The SMILES string of the molecule is Cc1cc2cc(C(=O)NCC(O)(c3cc4c(c(-c5ccc(F)cc5)n3)OC[C@]4(C)C(N)=O)C(F)(F)F)ccc2[nH]1. The van der Waals surface area contributed by atoms with Crippen molar-refractivity contribution in [1.82, 2.24) is 15.3 Å². The molecule has 3 heterocycles. The predicted molar refractivity (Wildman–Crippen MR) is 137 cm³/mol. The molecule has 0 fully saturated rings. The number of nitrogens with two attached hydrogens (primary N) is 1. The Hall–Kier alpha value is -4.45. The summed E-state index contributed by atoms with van der Waals surface area (Å²) in [5.74, 6) is -2.33. The quantitative estimate of drug-likeness (QED) is 0.267. The number of amides is 2. The summed E-state index contributed by atoms with van der Waals surface area (Å²) in [5, 5.41) is 14.0. The molecule has 0 saturated heterocycles. The van der Waals surface area contributed by atoms with Crippen molar-refractivity contribution in [2.75, 3.05) is 13.2 Å². The van der Waals surface area contributed by atoms with Crippen molar-refractivity contribution in [3.63, 3.8) is 0 Å². The Morgan fingerprint density at radius 2 is 1.85 bits per heavy atom. The number of pyridine rings is 1. The molecule has 40 heavy (non-hydrogen) atoms. The van der Waals surface area contributed by atoms with Crippen LogP contribution in [-0.4, -0.2) is 46.2 Å². The summed E-state index contributed by atoms with van der Waals surface area (Å²) in [6, 6.07) is 12.0. The number of nitrogens with one attached hydrogen (secondary N) is 2. The van der Waals surface area contributed by atoms with Crippen LogP contribution in [0.3, 0.4) is 0 Å². The summed E-state index contributed by atoms with van der Waals surface area (Å²) < 4.78 is 62.8. The Labute approximate surface area is 225 Å². The van der Waals surface area contributed by atoms with Gasteiger partial charge in [-0.3, -0.25) is 9.59 Å². The van der Waals surface area contributed by atoms with Crippen LogP contribution in [0.5, 0.6) is 5.75 Å². The second kappa shape index (κ2) is 9.33. The highest BCUT2D eigenvalue weighted by Crippen LogP contribution is 2.47. The van der Waals surface area contributed by atoms with Crippen molar-refractivity contribution in [3.05, 3.63) is 82.9 Å².